The minimum Gasteiger partial charge on any atom is -0.365 e. The number of amides is 3. The Labute approximate surface area is 177 Å². The third-order valence-electron chi connectivity index (χ3n) is 4.96. The Morgan fingerprint density at radius 1 is 1.20 bits per heavy atom. The second-order valence-electron chi connectivity index (χ2n) is 6.75. The highest BCUT2D eigenvalue weighted by Gasteiger charge is 2.31. The Morgan fingerprint density at radius 3 is 2.60 bits per heavy atom. The molecule has 0 fully saturated rings. The molecule has 30 heavy (non-hydrogen) atoms. The number of anilines is 1. The zero-order valence-corrected chi connectivity index (χ0v) is 16.6. The summed E-state index contributed by atoms with van der Waals surface area (Å²) in [4.78, 5) is 33.9. The summed E-state index contributed by atoms with van der Waals surface area (Å²) >= 11 is 6.54. The van der Waals surface area contributed by atoms with Gasteiger partial charge in [-0.05, 0) is 24.3 Å². The molecule has 0 unspecified atom stereocenters. The van der Waals surface area contributed by atoms with Gasteiger partial charge in [-0.3, -0.25) is 9.78 Å². The van der Waals surface area contributed by atoms with Crippen LogP contribution in [0.25, 0.3) is 16.1 Å². The summed E-state index contributed by atoms with van der Waals surface area (Å²) in [6.07, 6.45) is 3.33. The van der Waals surface area contributed by atoms with Gasteiger partial charge in [-0.15, -0.1) is 0 Å². The summed E-state index contributed by atoms with van der Waals surface area (Å²) in [5, 5.41) is 3.08. The van der Waals surface area contributed by atoms with Gasteiger partial charge < -0.3 is 20.5 Å². The maximum absolute atomic E-state index is 12.8. The molecule has 2 aromatic heterocycles. The molecule has 3 N–H and O–H groups in total. The van der Waals surface area contributed by atoms with Crippen molar-refractivity contribution in [2.45, 2.75) is 13.1 Å². The molecule has 0 aliphatic carbocycles. The van der Waals surface area contributed by atoms with Crippen molar-refractivity contribution in [2.75, 3.05) is 11.9 Å². The summed E-state index contributed by atoms with van der Waals surface area (Å²) < 4.78 is 1.92. The van der Waals surface area contributed by atoms with E-state index >= 15 is 0 Å². The predicted molar refractivity (Wildman–Crippen MR) is 113 cm³/mol. The number of rotatable bonds is 3. The van der Waals surface area contributed by atoms with Crippen LogP contribution < -0.4 is 11.1 Å². The van der Waals surface area contributed by atoms with Gasteiger partial charge >= 0.3 is 6.03 Å². The van der Waals surface area contributed by atoms with Crippen LogP contribution in [0.15, 0.2) is 48.8 Å². The number of nitrogens with two attached hydrogens (primary N) is 1. The highest BCUT2D eigenvalue weighted by molar-refractivity contribution is 6.36. The Bertz CT molecular complexity index is 1160. The maximum Gasteiger partial charge on any atom is 0.322 e. The van der Waals surface area contributed by atoms with Gasteiger partial charge in [0.1, 0.15) is 0 Å². The highest BCUT2D eigenvalue weighted by Crippen LogP contribution is 2.37. The topological polar surface area (TPSA) is 97.6 Å². The SMILES string of the molecule is [C-]#[N+]c1ccc(NC(=O)N2CCn3c(c(C(N)=O)c(Cl)c3-c3cccnc3)C2)cc1. The van der Waals surface area contributed by atoms with Gasteiger partial charge in [0, 0.05) is 36.7 Å². The zero-order valence-electron chi connectivity index (χ0n) is 15.8. The van der Waals surface area contributed by atoms with E-state index in [1.807, 2.05) is 10.6 Å². The quantitative estimate of drug-likeness (QED) is 0.628. The highest BCUT2D eigenvalue weighted by atomic mass is 35.5. The van der Waals surface area contributed by atoms with Crippen molar-refractivity contribution in [1.82, 2.24) is 14.5 Å². The zero-order chi connectivity index (χ0) is 21.3. The normalized spacial score (nSPS) is 12.7. The van der Waals surface area contributed by atoms with E-state index in [1.54, 1.807) is 47.6 Å². The number of benzene rings is 1. The Kier molecular flexibility index (Phi) is 5.12. The van der Waals surface area contributed by atoms with E-state index in [-0.39, 0.29) is 23.2 Å². The molecule has 150 valence electrons. The Hall–Kier alpha value is -3.83. The number of hydrogen-bond donors (Lipinski definition) is 2. The fraction of sp³-hybridized carbons (Fsp3) is 0.143. The van der Waals surface area contributed by atoms with E-state index in [4.69, 9.17) is 23.9 Å². The first-order chi connectivity index (χ1) is 14.5. The molecule has 1 aliphatic heterocycles. The van der Waals surface area contributed by atoms with E-state index < -0.39 is 5.91 Å². The number of nitrogens with zero attached hydrogens (tertiary/aromatic N) is 4. The number of nitrogens with one attached hydrogen (secondary N) is 1. The largest absolute Gasteiger partial charge is 0.365 e. The summed E-state index contributed by atoms with van der Waals surface area (Å²) in [6.45, 7) is 8.06. The lowest BCUT2D eigenvalue weighted by atomic mass is 10.1. The van der Waals surface area contributed by atoms with E-state index in [0.29, 0.717) is 35.9 Å². The molecule has 1 aromatic carbocycles. The Balaban J connectivity index is 1.64. The molecule has 0 atom stereocenters. The number of carbonyl (C=O) groups excluding carboxylic acids is 2. The number of fused-ring (bicyclic) bond motifs is 1. The van der Waals surface area contributed by atoms with Gasteiger partial charge in [-0.2, -0.15) is 0 Å². The lowest BCUT2D eigenvalue weighted by Crippen LogP contribution is -2.41. The molecule has 3 heterocycles. The summed E-state index contributed by atoms with van der Waals surface area (Å²) in [6, 6.07) is 9.95. The van der Waals surface area contributed by atoms with Crippen LogP contribution in [0.4, 0.5) is 16.2 Å². The van der Waals surface area contributed by atoms with E-state index in [9.17, 15) is 9.59 Å². The Morgan fingerprint density at radius 2 is 1.97 bits per heavy atom. The van der Waals surface area contributed by atoms with Crippen molar-refractivity contribution < 1.29 is 9.59 Å². The van der Waals surface area contributed by atoms with Crippen LogP contribution in [0.5, 0.6) is 0 Å². The number of aromatic nitrogens is 2. The second kappa shape index (κ2) is 7.89. The molecule has 9 heteroatoms. The van der Waals surface area contributed by atoms with Crippen molar-refractivity contribution in [3.05, 3.63) is 76.5 Å². The van der Waals surface area contributed by atoms with Crippen LogP contribution in [-0.4, -0.2) is 32.9 Å². The first kappa shape index (κ1) is 19.5. The predicted octanol–water partition coefficient (Wildman–Crippen LogP) is 3.90. The number of halogens is 1. The van der Waals surface area contributed by atoms with Crippen molar-refractivity contribution in [2.24, 2.45) is 5.73 Å². The molecule has 3 amide bonds. The number of carbonyl (C=O) groups is 2. The van der Waals surface area contributed by atoms with Gasteiger partial charge in [0.25, 0.3) is 5.91 Å². The molecule has 0 saturated carbocycles. The molecule has 0 saturated heterocycles. The summed E-state index contributed by atoms with van der Waals surface area (Å²) in [5.41, 5.74) is 8.93. The average molecular weight is 421 g/mol. The van der Waals surface area contributed by atoms with Crippen molar-refractivity contribution >= 4 is 34.9 Å². The van der Waals surface area contributed by atoms with Crippen LogP contribution in [0.1, 0.15) is 16.1 Å². The molecule has 8 nitrogen and oxygen atoms in total. The molecular formula is C21H17ClN6O2. The molecule has 1 aliphatic rings. The molecule has 4 rings (SSSR count). The monoisotopic (exact) mass is 420 g/mol. The number of urea groups is 1. The van der Waals surface area contributed by atoms with Crippen LogP contribution in [-0.2, 0) is 13.1 Å². The van der Waals surface area contributed by atoms with E-state index in [1.165, 1.54) is 0 Å². The third-order valence-corrected chi connectivity index (χ3v) is 5.33. The smallest absolute Gasteiger partial charge is 0.322 e. The summed E-state index contributed by atoms with van der Waals surface area (Å²) in [5.74, 6) is -0.643. The van der Waals surface area contributed by atoms with Gasteiger partial charge in [0.15, 0.2) is 5.69 Å². The minimum atomic E-state index is -0.643. The summed E-state index contributed by atoms with van der Waals surface area (Å²) in [7, 11) is 0. The fourth-order valence-electron chi connectivity index (χ4n) is 3.56. The molecule has 3 aromatic rings. The maximum atomic E-state index is 12.8. The third kappa shape index (κ3) is 3.47. The number of pyridine rings is 1. The van der Waals surface area contributed by atoms with Crippen LogP contribution >= 0.6 is 11.6 Å². The van der Waals surface area contributed by atoms with Crippen molar-refractivity contribution in [3.8, 4) is 11.3 Å². The lowest BCUT2D eigenvalue weighted by Gasteiger charge is -2.30. The second-order valence-corrected chi connectivity index (χ2v) is 7.13. The molecule has 0 radical (unpaired) electrons. The van der Waals surface area contributed by atoms with Gasteiger partial charge in [-0.1, -0.05) is 23.7 Å². The lowest BCUT2D eigenvalue weighted by molar-refractivity contribution is 0.0997. The first-order valence-electron chi connectivity index (χ1n) is 9.14. The average Bonchev–Trinajstić information content (AvgIpc) is 3.06. The van der Waals surface area contributed by atoms with Gasteiger partial charge in [0.2, 0.25) is 0 Å². The first-order valence-corrected chi connectivity index (χ1v) is 9.52. The van der Waals surface area contributed by atoms with E-state index in [2.05, 4.69) is 15.1 Å². The van der Waals surface area contributed by atoms with Crippen molar-refractivity contribution in [3.63, 3.8) is 0 Å². The standard InChI is InChI=1S/C21H17ClN6O2/c1-24-14-4-6-15(7-5-14)26-21(30)27-9-10-28-16(12-27)17(20(23)29)18(22)19(28)13-3-2-8-25-11-13/h2-8,11H,9-10,12H2,(H2,23,29)(H,26,30). The molecule has 0 spiro atoms. The van der Waals surface area contributed by atoms with Crippen molar-refractivity contribution in [1.29, 1.82) is 0 Å². The molecular weight excluding hydrogens is 404 g/mol. The van der Waals surface area contributed by atoms with E-state index in [0.717, 1.165) is 5.56 Å². The van der Waals surface area contributed by atoms with Crippen LogP contribution in [0.3, 0.4) is 0 Å². The van der Waals surface area contributed by atoms with Crippen LogP contribution in [0.2, 0.25) is 5.02 Å². The molecule has 0 bridgehead atoms. The van der Waals surface area contributed by atoms with Crippen LogP contribution in [0, 0.1) is 6.57 Å². The minimum absolute atomic E-state index is 0.185. The van der Waals surface area contributed by atoms with Gasteiger partial charge in [0.05, 0.1) is 35.1 Å². The number of primary amides is 1. The van der Waals surface area contributed by atoms with Gasteiger partial charge in [-0.25, -0.2) is 9.64 Å². The number of hydrogen-bond acceptors (Lipinski definition) is 3. The fourth-order valence-corrected chi connectivity index (χ4v) is 3.97.